The third kappa shape index (κ3) is 13.6. The normalized spacial score (nSPS) is 13.1. The summed E-state index contributed by atoms with van der Waals surface area (Å²) in [5.41, 5.74) is 0.649. The number of nitrogens with one attached hydrogen (secondary N) is 4. The van der Waals surface area contributed by atoms with Crippen molar-refractivity contribution in [3.8, 4) is 5.75 Å². The summed E-state index contributed by atoms with van der Waals surface area (Å²) in [5.74, 6) is -1.39. The summed E-state index contributed by atoms with van der Waals surface area (Å²) >= 11 is 1.48. The number of ketones is 1. The topological polar surface area (TPSA) is 163 Å². The molecule has 0 heterocycles. The fraction of sp³-hybridized carbons (Fsp3) is 0.452. The van der Waals surface area contributed by atoms with E-state index in [2.05, 4.69) is 21.3 Å². The lowest BCUT2D eigenvalue weighted by Gasteiger charge is -2.26. The van der Waals surface area contributed by atoms with E-state index in [-0.39, 0.29) is 37.3 Å². The first-order valence-electron chi connectivity index (χ1n) is 14.0. The summed E-state index contributed by atoms with van der Waals surface area (Å²) in [4.78, 5) is 64.1. The van der Waals surface area contributed by atoms with Crippen LogP contribution in [0.1, 0.15) is 45.2 Å². The molecule has 11 nitrogen and oxygen atoms in total. The molecule has 2 aromatic carbocycles. The molecule has 0 aromatic heterocycles. The summed E-state index contributed by atoms with van der Waals surface area (Å²) < 4.78 is 5.35. The van der Waals surface area contributed by atoms with Gasteiger partial charge in [-0.25, -0.2) is 4.79 Å². The highest BCUT2D eigenvalue weighted by molar-refractivity contribution is 7.98. The Kier molecular flexibility index (Phi) is 14.0. The minimum atomic E-state index is -1.11. The number of amides is 4. The van der Waals surface area contributed by atoms with Crippen LogP contribution < -0.4 is 21.3 Å². The van der Waals surface area contributed by atoms with Gasteiger partial charge in [-0.2, -0.15) is 11.8 Å². The maximum absolute atomic E-state index is 13.5. The fourth-order valence-corrected chi connectivity index (χ4v) is 4.44. The molecular formula is C31H42N4O7S. The largest absolute Gasteiger partial charge is 0.508 e. The number of Topliss-reactive ketones (excluding diaryl/α,β-unsaturated/α-hetero) is 1. The molecule has 0 aliphatic carbocycles. The maximum Gasteiger partial charge on any atom is 0.408 e. The Morgan fingerprint density at radius 2 is 1.33 bits per heavy atom. The van der Waals surface area contributed by atoms with E-state index < -0.39 is 47.5 Å². The molecule has 2 aromatic rings. The van der Waals surface area contributed by atoms with Crippen LogP contribution in [-0.4, -0.2) is 77.0 Å². The second-order valence-electron chi connectivity index (χ2n) is 11.1. The molecule has 0 aliphatic heterocycles. The molecule has 2 rings (SSSR count). The van der Waals surface area contributed by atoms with Crippen LogP contribution in [0, 0.1) is 0 Å². The van der Waals surface area contributed by atoms with Crippen LogP contribution >= 0.6 is 11.8 Å². The predicted molar refractivity (Wildman–Crippen MR) is 166 cm³/mol. The number of alkyl carbamates (subject to hydrolysis) is 1. The summed E-state index contributed by atoms with van der Waals surface area (Å²) in [6.07, 6.45) is 1.54. The molecule has 3 unspecified atom stereocenters. The zero-order valence-electron chi connectivity index (χ0n) is 25.3. The van der Waals surface area contributed by atoms with Crippen molar-refractivity contribution in [2.75, 3.05) is 18.6 Å². The van der Waals surface area contributed by atoms with Gasteiger partial charge in [0.1, 0.15) is 35.3 Å². The molecule has 0 radical (unpaired) electrons. The number of thioether (sulfide) groups is 1. The highest BCUT2D eigenvalue weighted by Gasteiger charge is 2.31. The minimum absolute atomic E-state index is 0.0519. The smallest absolute Gasteiger partial charge is 0.408 e. The summed E-state index contributed by atoms with van der Waals surface area (Å²) in [5, 5.41) is 20.3. The quantitative estimate of drug-likeness (QED) is 0.204. The monoisotopic (exact) mass is 614 g/mol. The van der Waals surface area contributed by atoms with Crippen molar-refractivity contribution in [3.63, 3.8) is 0 Å². The first-order valence-corrected chi connectivity index (χ1v) is 15.3. The number of carbonyl (C=O) groups excluding carboxylic acids is 5. The van der Waals surface area contributed by atoms with Crippen molar-refractivity contribution in [2.24, 2.45) is 0 Å². The van der Waals surface area contributed by atoms with E-state index >= 15 is 0 Å². The lowest BCUT2D eigenvalue weighted by atomic mass is 10.0. The second kappa shape index (κ2) is 17.2. The van der Waals surface area contributed by atoms with Crippen molar-refractivity contribution in [3.05, 3.63) is 65.7 Å². The molecule has 12 heteroatoms. The van der Waals surface area contributed by atoms with E-state index in [0.29, 0.717) is 11.3 Å². The third-order valence-corrected chi connectivity index (χ3v) is 6.70. The van der Waals surface area contributed by atoms with Crippen molar-refractivity contribution in [2.45, 2.75) is 70.7 Å². The number of hydrogen-bond donors (Lipinski definition) is 5. The van der Waals surface area contributed by atoms with Crippen LogP contribution in [0.5, 0.6) is 5.75 Å². The molecule has 0 fully saturated rings. The van der Waals surface area contributed by atoms with Crippen molar-refractivity contribution < 1.29 is 33.8 Å². The highest BCUT2D eigenvalue weighted by atomic mass is 32.2. The summed E-state index contributed by atoms with van der Waals surface area (Å²) in [7, 11) is 0. The van der Waals surface area contributed by atoms with E-state index in [9.17, 15) is 29.1 Å². The molecule has 0 saturated heterocycles. The zero-order valence-corrected chi connectivity index (χ0v) is 26.1. The van der Waals surface area contributed by atoms with Gasteiger partial charge in [-0.15, -0.1) is 0 Å². The molecule has 0 aliphatic rings. The van der Waals surface area contributed by atoms with Gasteiger partial charge in [0.2, 0.25) is 17.7 Å². The number of hydrogen-bond acceptors (Lipinski definition) is 8. The van der Waals surface area contributed by atoms with Crippen LogP contribution in [0.2, 0.25) is 0 Å². The van der Waals surface area contributed by atoms with Gasteiger partial charge in [-0.05, 0) is 69.4 Å². The Labute approximate surface area is 256 Å². The molecule has 0 bridgehead atoms. The number of aromatic hydroxyl groups is 1. The number of ether oxygens (including phenoxy) is 1. The SMILES string of the molecule is CSCCC(NC(=O)C(Cc1ccc(O)cc1)NC(=O)OC(C)(C)C)C(=O)NC(Cc1ccccc1)C(=O)NCC(C)=O. The lowest BCUT2D eigenvalue weighted by Crippen LogP contribution is -2.58. The van der Waals surface area contributed by atoms with E-state index in [1.165, 1.54) is 30.8 Å². The van der Waals surface area contributed by atoms with Crippen LogP contribution in [0.3, 0.4) is 0 Å². The summed E-state index contributed by atoms with van der Waals surface area (Å²) in [6.45, 7) is 6.26. The molecule has 0 saturated carbocycles. The van der Waals surface area contributed by atoms with Crippen LogP contribution in [-0.2, 0) is 36.8 Å². The Balaban J connectivity index is 2.27. The van der Waals surface area contributed by atoms with E-state index in [1.807, 2.05) is 36.6 Å². The highest BCUT2D eigenvalue weighted by Crippen LogP contribution is 2.13. The Bertz CT molecular complexity index is 1230. The van der Waals surface area contributed by atoms with Gasteiger partial charge in [0.25, 0.3) is 0 Å². The van der Waals surface area contributed by atoms with Gasteiger partial charge < -0.3 is 31.1 Å². The minimum Gasteiger partial charge on any atom is -0.508 e. The predicted octanol–water partition coefficient (Wildman–Crippen LogP) is 2.50. The Morgan fingerprint density at radius 3 is 1.88 bits per heavy atom. The van der Waals surface area contributed by atoms with E-state index in [4.69, 9.17) is 4.74 Å². The number of phenolic OH excluding ortho intramolecular Hbond substituents is 1. The average Bonchev–Trinajstić information content (AvgIpc) is 2.93. The molecule has 4 amide bonds. The lowest BCUT2D eigenvalue weighted by molar-refractivity contribution is -0.133. The number of carbonyl (C=O) groups is 5. The molecule has 234 valence electrons. The molecule has 3 atom stereocenters. The van der Waals surface area contributed by atoms with Crippen molar-refractivity contribution in [1.82, 2.24) is 21.3 Å². The molecule has 5 N–H and O–H groups in total. The van der Waals surface area contributed by atoms with Gasteiger partial charge in [0, 0.05) is 12.8 Å². The Morgan fingerprint density at radius 1 is 0.791 bits per heavy atom. The molecule has 0 spiro atoms. The third-order valence-electron chi connectivity index (χ3n) is 6.05. The summed E-state index contributed by atoms with van der Waals surface area (Å²) in [6, 6.07) is 12.1. The Hall–Kier alpha value is -4.06. The van der Waals surface area contributed by atoms with E-state index in [1.54, 1.807) is 32.9 Å². The number of benzene rings is 2. The van der Waals surface area contributed by atoms with Gasteiger partial charge in [0.15, 0.2) is 0 Å². The number of phenols is 1. The second-order valence-corrected chi connectivity index (χ2v) is 12.1. The van der Waals surface area contributed by atoms with Crippen LogP contribution in [0.15, 0.2) is 54.6 Å². The standard InChI is InChI=1S/C31H42N4O7S/c1-20(36)19-32-27(38)25(17-21-9-7-6-8-10-21)34-28(39)24(15-16-43-5)33-29(40)26(35-30(41)42-31(2,3)4)18-22-11-13-23(37)14-12-22/h6-14,24-26,37H,15-19H2,1-5H3,(H,32,38)(H,33,40)(H,34,39)(H,35,41). The van der Waals surface area contributed by atoms with Crippen LogP contribution in [0.4, 0.5) is 4.79 Å². The van der Waals surface area contributed by atoms with Gasteiger partial charge in [-0.1, -0.05) is 42.5 Å². The maximum atomic E-state index is 13.5. The van der Waals surface area contributed by atoms with Crippen molar-refractivity contribution in [1.29, 1.82) is 0 Å². The van der Waals surface area contributed by atoms with Crippen LogP contribution in [0.25, 0.3) is 0 Å². The van der Waals surface area contributed by atoms with Gasteiger partial charge in [0.05, 0.1) is 6.54 Å². The zero-order chi connectivity index (χ0) is 32.0. The molecular weight excluding hydrogens is 572 g/mol. The first kappa shape index (κ1) is 35.1. The van der Waals surface area contributed by atoms with Gasteiger partial charge in [-0.3, -0.25) is 19.2 Å². The fourth-order valence-electron chi connectivity index (χ4n) is 3.97. The van der Waals surface area contributed by atoms with Gasteiger partial charge >= 0.3 is 6.09 Å². The van der Waals surface area contributed by atoms with E-state index in [0.717, 1.165) is 5.56 Å². The molecule has 43 heavy (non-hydrogen) atoms. The number of rotatable bonds is 15. The first-order chi connectivity index (χ1) is 20.3. The van der Waals surface area contributed by atoms with Crippen molar-refractivity contribution >= 4 is 41.4 Å². The average molecular weight is 615 g/mol.